The van der Waals surface area contributed by atoms with E-state index in [4.69, 9.17) is 5.21 Å². The molecule has 0 saturated carbocycles. The molecule has 0 amide bonds. The molecule has 19 heavy (non-hydrogen) atoms. The van der Waals surface area contributed by atoms with Crippen LogP contribution >= 0.6 is 0 Å². The molecule has 0 spiro atoms. The van der Waals surface area contributed by atoms with Gasteiger partial charge < -0.3 is 5.21 Å². The quantitative estimate of drug-likeness (QED) is 0.500. The van der Waals surface area contributed by atoms with Gasteiger partial charge >= 0.3 is 0 Å². The molecule has 0 unspecified atom stereocenters. The van der Waals surface area contributed by atoms with Gasteiger partial charge in [-0.1, -0.05) is 64.8 Å². The van der Waals surface area contributed by atoms with Gasteiger partial charge in [0.25, 0.3) is 0 Å². The summed E-state index contributed by atoms with van der Waals surface area (Å²) in [5, 5.41) is 12.6. The lowest BCUT2D eigenvalue weighted by Crippen LogP contribution is -2.07. The normalized spacial score (nSPS) is 10.2. The zero-order valence-electron chi connectivity index (χ0n) is 11.4. The number of nitrogens with zero attached hydrogens (tertiary/aromatic N) is 1. The van der Waals surface area contributed by atoms with Crippen molar-refractivity contribution in [3.63, 3.8) is 0 Å². The summed E-state index contributed by atoms with van der Waals surface area (Å²) in [7, 11) is 0. The highest BCUT2D eigenvalue weighted by molar-refractivity contribution is 5.88. The molecule has 0 aliphatic heterocycles. The Hall–Kier alpha value is -2.09. The number of aryl methyl sites for hydroxylation is 2. The first-order chi connectivity index (χ1) is 9.17. The van der Waals surface area contributed by atoms with E-state index < -0.39 is 0 Å². The predicted molar refractivity (Wildman–Crippen MR) is 79.0 cm³/mol. The molecule has 0 atom stereocenters. The van der Waals surface area contributed by atoms with E-state index in [2.05, 4.69) is 67.5 Å². The zero-order valence-corrected chi connectivity index (χ0v) is 11.4. The summed E-state index contributed by atoms with van der Waals surface area (Å²) >= 11 is 0. The molecule has 0 radical (unpaired) electrons. The fraction of sp³-hybridized carbons (Fsp3) is 0.235. The van der Waals surface area contributed by atoms with Crippen LogP contribution < -0.4 is 0 Å². The van der Waals surface area contributed by atoms with Gasteiger partial charge in [0, 0.05) is 12.8 Å². The Kier molecular flexibility index (Phi) is 4.35. The molecule has 0 aliphatic rings. The molecular weight excluding hydrogens is 234 g/mol. The standard InChI is InChI=1S/C17H19NO/c1-13-3-7-15(8-4-13)11-17(18-19)12-16-9-5-14(2)6-10-16/h3-10,19H,11-12H2,1-2H3. The highest BCUT2D eigenvalue weighted by atomic mass is 16.4. The van der Waals surface area contributed by atoms with Crippen molar-refractivity contribution in [2.24, 2.45) is 5.16 Å². The Labute approximate surface area is 114 Å². The topological polar surface area (TPSA) is 32.6 Å². The first-order valence-electron chi connectivity index (χ1n) is 6.48. The summed E-state index contributed by atoms with van der Waals surface area (Å²) in [5.74, 6) is 0. The fourth-order valence-electron chi connectivity index (χ4n) is 2.02. The molecule has 98 valence electrons. The van der Waals surface area contributed by atoms with Gasteiger partial charge in [-0.25, -0.2) is 0 Å². The van der Waals surface area contributed by atoms with E-state index >= 15 is 0 Å². The van der Waals surface area contributed by atoms with E-state index in [0.717, 1.165) is 5.71 Å². The maximum atomic E-state index is 9.15. The maximum absolute atomic E-state index is 9.15. The van der Waals surface area contributed by atoms with Gasteiger partial charge in [-0.2, -0.15) is 0 Å². The van der Waals surface area contributed by atoms with Crippen LogP contribution in [-0.2, 0) is 12.8 Å². The van der Waals surface area contributed by atoms with Crippen molar-refractivity contribution >= 4 is 5.71 Å². The Morgan fingerprint density at radius 3 is 1.47 bits per heavy atom. The molecule has 0 aliphatic carbocycles. The molecule has 0 bridgehead atoms. The molecule has 1 N–H and O–H groups in total. The van der Waals surface area contributed by atoms with Crippen LogP contribution in [0.3, 0.4) is 0 Å². The lowest BCUT2D eigenvalue weighted by atomic mass is 10.0. The van der Waals surface area contributed by atoms with Crippen molar-refractivity contribution in [1.82, 2.24) is 0 Å². The van der Waals surface area contributed by atoms with Crippen molar-refractivity contribution < 1.29 is 5.21 Å². The second-order valence-electron chi connectivity index (χ2n) is 4.99. The number of oxime groups is 1. The lowest BCUT2D eigenvalue weighted by Gasteiger charge is -2.06. The SMILES string of the molecule is Cc1ccc(CC(Cc2ccc(C)cc2)=NO)cc1. The third-order valence-corrected chi connectivity index (χ3v) is 3.20. The van der Waals surface area contributed by atoms with Gasteiger partial charge in [-0.3, -0.25) is 0 Å². The van der Waals surface area contributed by atoms with Crippen LogP contribution in [0.2, 0.25) is 0 Å². The van der Waals surface area contributed by atoms with Gasteiger partial charge in [0.2, 0.25) is 0 Å². The van der Waals surface area contributed by atoms with E-state index in [0.29, 0.717) is 12.8 Å². The second-order valence-corrected chi connectivity index (χ2v) is 4.99. The van der Waals surface area contributed by atoms with Crippen molar-refractivity contribution in [2.75, 3.05) is 0 Å². The van der Waals surface area contributed by atoms with Crippen LogP contribution in [0, 0.1) is 13.8 Å². The molecule has 0 aromatic heterocycles. The maximum Gasteiger partial charge on any atom is 0.0658 e. The summed E-state index contributed by atoms with van der Waals surface area (Å²) < 4.78 is 0. The minimum atomic E-state index is 0.685. The smallest absolute Gasteiger partial charge is 0.0658 e. The minimum Gasteiger partial charge on any atom is -0.411 e. The van der Waals surface area contributed by atoms with Gasteiger partial charge in [0.1, 0.15) is 0 Å². The van der Waals surface area contributed by atoms with E-state index in [9.17, 15) is 0 Å². The molecule has 0 fully saturated rings. The molecule has 2 aromatic carbocycles. The van der Waals surface area contributed by atoms with E-state index in [-0.39, 0.29) is 0 Å². The number of rotatable bonds is 4. The largest absolute Gasteiger partial charge is 0.411 e. The van der Waals surface area contributed by atoms with E-state index in [1.54, 1.807) is 0 Å². The molecule has 2 nitrogen and oxygen atoms in total. The third-order valence-electron chi connectivity index (χ3n) is 3.20. The highest BCUT2D eigenvalue weighted by Crippen LogP contribution is 2.09. The van der Waals surface area contributed by atoms with Gasteiger partial charge in [-0.15, -0.1) is 0 Å². The number of hydrogen-bond acceptors (Lipinski definition) is 2. The van der Waals surface area contributed by atoms with Crippen molar-refractivity contribution in [3.05, 3.63) is 70.8 Å². The van der Waals surface area contributed by atoms with Crippen LogP contribution in [-0.4, -0.2) is 10.9 Å². The number of hydrogen-bond donors (Lipinski definition) is 1. The third kappa shape index (κ3) is 3.95. The summed E-state index contributed by atoms with van der Waals surface area (Å²) in [6, 6.07) is 16.6. The molecule has 2 rings (SSSR count). The first-order valence-corrected chi connectivity index (χ1v) is 6.48. The summed E-state index contributed by atoms with van der Waals surface area (Å²) in [5.41, 5.74) is 5.61. The lowest BCUT2D eigenvalue weighted by molar-refractivity contribution is 0.317. The molecular formula is C17H19NO. The second kappa shape index (κ2) is 6.19. The van der Waals surface area contributed by atoms with Gasteiger partial charge in [0.05, 0.1) is 5.71 Å². The molecule has 0 heterocycles. The Balaban J connectivity index is 2.05. The predicted octanol–water partition coefficient (Wildman–Crippen LogP) is 3.92. The Morgan fingerprint density at radius 2 is 1.16 bits per heavy atom. The first kappa shape index (κ1) is 13.3. The Morgan fingerprint density at radius 1 is 0.789 bits per heavy atom. The number of benzene rings is 2. The van der Waals surface area contributed by atoms with Gasteiger partial charge in [0.15, 0.2) is 0 Å². The van der Waals surface area contributed by atoms with Crippen LogP contribution in [0.25, 0.3) is 0 Å². The highest BCUT2D eigenvalue weighted by Gasteiger charge is 2.04. The Bertz CT molecular complexity index is 503. The molecule has 0 saturated heterocycles. The summed E-state index contributed by atoms with van der Waals surface area (Å²) in [6.45, 7) is 4.13. The minimum absolute atomic E-state index is 0.685. The van der Waals surface area contributed by atoms with Crippen molar-refractivity contribution in [1.29, 1.82) is 0 Å². The van der Waals surface area contributed by atoms with Crippen LogP contribution in [0.1, 0.15) is 22.3 Å². The average molecular weight is 253 g/mol. The van der Waals surface area contributed by atoms with Crippen LogP contribution in [0.4, 0.5) is 0 Å². The average Bonchev–Trinajstić information content (AvgIpc) is 2.43. The summed E-state index contributed by atoms with van der Waals surface area (Å²) in [6.07, 6.45) is 1.37. The zero-order chi connectivity index (χ0) is 13.7. The van der Waals surface area contributed by atoms with Crippen molar-refractivity contribution in [3.8, 4) is 0 Å². The molecule has 2 aromatic rings. The monoisotopic (exact) mass is 253 g/mol. The fourth-order valence-corrected chi connectivity index (χ4v) is 2.02. The van der Waals surface area contributed by atoms with Crippen LogP contribution in [0.15, 0.2) is 53.7 Å². The van der Waals surface area contributed by atoms with Crippen molar-refractivity contribution in [2.45, 2.75) is 26.7 Å². The molecule has 2 heteroatoms. The van der Waals surface area contributed by atoms with E-state index in [1.165, 1.54) is 22.3 Å². The van der Waals surface area contributed by atoms with E-state index in [1.807, 2.05) is 0 Å². The van der Waals surface area contributed by atoms with Crippen LogP contribution in [0.5, 0.6) is 0 Å². The summed E-state index contributed by atoms with van der Waals surface area (Å²) in [4.78, 5) is 0. The van der Waals surface area contributed by atoms with Gasteiger partial charge in [-0.05, 0) is 25.0 Å².